The van der Waals surface area contributed by atoms with Gasteiger partial charge in [0.25, 0.3) is 0 Å². The second kappa shape index (κ2) is 7.38. The molecule has 0 bridgehead atoms. The van der Waals surface area contributed by atoms with Gasteiger partial charge in [0.05, 0.1) is 19.3 Å². The Labute approximate surface area is 139 Å². The molecule has 6 heteroatoms. The van der Waals surface area contributed by atoms with Gasteiger partial charge in [-0.15, -0.1) is 0 Å². The molecule has 0 saturated heterocycles. The molecule has 0 unspecified atom stereocenters. The minimum atomic E-state index is -0.194. The van der Waals surface area contributed by atoms with E-state index in [1.54, 1.807) is 24.3 Å². The van der Waals surface area contributed by atoms with Crippen LogP contribution in [0.2, 0.25) is 10.0 Å². The van der Waals surface area contributed by atoms with Gasteiger partial charge in [-0.25, -0.2) is 0 Å². The lowest BCUT2D eigenvalue weighted by molar-refractivity contribution is -0.114. The largest absolute Gasteiger partial charge is 0.495 e. The fourth-order valence-electron chi connectivity index (χ4n) is 1.91. The van der Waals surface area contributed by atoms with E-state index in [0.717, 1.165) is 11.3 Å². The van der Waals surface area contributed by atoms with Crippen LogP contribution in [0.25, 0.3) is 0 Å². The molecule has 0 fully saturated rings. The van der Waals surface area contributed by atoms with Gasteiger partial charge in [0, 0.05) is 21.8 Å². The zero-order chi connectivity index (χ0) is 16.1. The molecule has 0 spiro atoms. The molecule has 0 aliphatic heterocycles. The number of nitrogens with one attached hydrogen (secondary N) is 2. The Morgan fingerprint density at radius 3 is 2.68 bits per heavy atom. The van der Waals surface area contributed by atoms with Crippen molar-refractivity contribution >= 4 is 40.5 Å². The van der Waals surface area contributed by atoms with Crippen molar-refractivity contribution in [1.82, 2.24) is 0 Å². The lowest BCUT2D eigenvalue weighted by atomic mass is 10.2. The summed E-state index contributed by atoms with van der Waals surface area (Å²) in [6.45, 7) is 1.98. The second-order valence-corrected chi connectivity index (χ2v) is 5.56. The summed E-state index contributed by atoms with van der Waals surface area (Å²) in [5.74, 6) is 0.326. The molecule has 0 aliphatic carbocycles. The van der Waals surface area contributed by atoms with E-state index in [1.165, 1.54) is 7.11 Å². The number of aryl methyl sites for hydroxylation is 1. The number of carbonyl (C=O) groups excluding carboxylic acids is 1. The van der Waals surface area contributed by atoms with Gasteiger partial charge in [0.15, 0.2) is 0 Å². The number of halogens is 2. The van der Waals surface area contributed by atoms with Crippen molar-refractivity contribution in [2.45, 2.75) is 6.92 Å². The number of methoxy groups -OCH3 is 1. The van der Waals surface area contributed by atoms with Gasteiger partial charge >= 0.3 is 0 Å². The summed E-state index contributed by atoms with van der Waals surface area (Å²) in [6, 6.07) is 10.6. The molecule has 0 aromatic heterocycles. The Morgan fingerprint density at radius 2 is 2.00 bits per heavy atom. The number of benzene rings is 2. The van der Waals surface area contributed by atoms with Crippen LogP contribution in [0, 0.1) is 6.92 Å². The first-order valence-electron chi connectivity index (χ1n) is 6.63. The Hall–Kier alpha value is -1.91. The Kier molecular flexibility index (Phi) is 5.52. The van der Waals surface area contributed by atoms with Crippen molar-refractivity contribution in [2.24, 2.45) is 0 Å². The number of carbonyl (C=O) groups is 1. The lowest BCUT2D eigenvalue weighted by Crippen LogP contribution is -2.22. The van der Waals surface area contributed by atoms with Crippen LogP contribution >= 0.6 is 23.2 Å². The van der Waals surface area contributed by atoms with Gasteiger partial charge in [-0.1, -0.05) is 29.3 Å². The quantitative estimate of drug-likeness (QED) is 0.851. The minimum absolute atomic E-state index is 0.116. The summed E-state index contributed by atoms with van der Waals surface area (Å²) in [5, 5.41) is 7.00. The van der Waals surface area contributed by atoms with Gasteiger partial charge in [-0.2, -0.15) is 0 Å². The van der Waals surface area contributed by atoms with E-state index >= 15 is 0 Å². The van der Waals surface area contributed by atoms with Crippen LogP contribution in [-0.2, 0) is 4.79 Å². The molecule has 22 heavy (non-hydrogen) atoms. The van der Waals surface area contributed by atoms with E-state index in [9.17, 15) is 4.79 Å². The standard InChI is InChI=1S/C16H16Cl2N2O2/c1-10-6-14(15(22-2)8-13(10)18)20-16(21)9-19-12-5-3-4-11(17)7-12/h3-8,19H,9H2,1-2H3,(H,20,21). The van der Waals surface area contributed by atoms with E-state index in [1.807, 2.05) is 19.1 Å². The topological polar surface area (TPSA) is 50.4 Å². The maximum atomic E-state index is 12.0. The van der Waals surface area contributed by atoms with Gasteiger partial charge < -0.3 is 15.4 Å². The molecule has 2 rings (SSSR count). The maximum Gasteiger partial charge on any atom is 0.243 e. The minimum Gasteiger partial charge on any atom is -0.495 e. The molecular formula is C16H16Cl2N2O2. The van der Waals surface area contributed by atoms with E-state index in [2.05, 4.69) is 10.6 Å². The number of rotatable bonds is 5. The normalized spacial score (nSPS) is 10.2. The Bertz CT molecular complexity index is 690. The molecule has 0 radical (unpaired) electrons. The van der Waals surface area contributed by atoms with Crippen molar-refractivity contribution < 1.29 is 9.53 Å². The number of amides is 1. The fraction of sp³-hybridized carbons (Fsp3) is 0.188. The summed E-state index contributed by atoms with van der Waals surface area (Å²) >= 11 is 11.9. The molecule has 116 valence electrons. The predicted octanol–water partition coefficient (Wildman–Crippen LogP) is 4.36. The van der Waals surface area contributed by atoms with Crippen LogP contribution in [0.1, 0.15) is 5.56 Å². The predicted molar refractivity (Wildman–Crippen MR) is 91.3 cm³/mol. The molecule has 1 amide bonds. The summed E-state index contributed by atoms with van der Waals surface area (Å²) in [6.07, 6.45) is 0. The van der Waals surface area contributed by atoms with Gasteiger partial charge in [-0.05, 0) is 36.8 Å². The molecule has 0 aliphatic rings. The van der Waals surface area contributed by atoms with Crippen molar-refractivity contribution in [1.29, 1.82) is 0 Å². The van der Waals surface area contributed by atoms with Crippen LogP contribution in [0.15, 0.2) is 36.4 Å². The van der Waals surface area contributed by atoms with Crippen LogP contribution in [0.3, 0.4) is 0 Å². The fourth-order valence-corrected chi connectivity index (χ4v) is 2.25. The highest BCUT2D eigenvalue weighted by molar-refractivity contribution is 6.31. The van der Waals surface area contributed by atoms with E-state index < -0.39 is 0 Å². The highest BCUT2D eigenvalue weighted by Gasteiger charge is 2.10. The van der Waals surface area contributed by atoms with Gasteiger partial charge in [0.1, 0.15) is 5.75 Å². The number of ether oxygens (including phenoxy) is 1. The smallest absolute Gasteiger partial charge is 0.243 e. The highest BCUT2D eigenvalue weighted by Crippen LogP contribution is 2.30. The van der Waals surface area contributed by atoms with E-state index in [-0.39, 0.29) is 12.5 Å². The number of anilines is 2. The number of hydrogen-bond acceptors (Lipinski definition) is 3. The zero-order valence-electron chi connectivity index (χ0n) is 12.2. The van der Waals surface area contributed by atoms with E-state index in [0.29, 0.717) is 21.5 Å². The Balaban J connectivity index is 2.01. The molecule has 0 heterocycles. The summed E-state index contributed by atoms with van der Waals surface area (Å²) in [4.78, 5) is 12.0. The van der Waals surface area contributed by atoms with Crippen LogP contribution in [0.4, 0.5) is 11.4 Å². The third-order valence-electron chi connectivity index (χ3n) is 3.03. The van der Waals surface area contributed by atoms with Crippen molar-refractivity contribution in [3.63, 3.8) is 0 Å². The molecule has 2 N–H and O–H groups in total. The maximum absolute atomic E-state index is 12.0. The number of hydrogen-bond donors (Lipinski definition) is 2. The van der Waals surface area contributed by atoms with Crippen molar-refractivity contribution in [2.75, 3.05) is 24.3 Å². The molecule has 2 aromatic carbocycles. The van der Waals surface area contributed by atoms with Gasteiger partial charge in [0.2, 0.25) is 5.91 Å². The van der Waals surface area contributed by atoms with Crippen LogP contribution < -0.4 is 15.4 Å². The molecular weight excluding hydrogens is 323 g/mol. The highest BCUT2D eigenvalue weighted by atomic mass is 35.5. The van der Waals surface area contributed by atoms with Gasteiger partial charge in [-0.3, -0.25) is 4.79 Å². The molecule has 0 saturated carbocycles. The SMILES string of the molecule is COc1cc(Cl)c(C)cc1NC(=O)CNc1cccc(Cl)c1. The summed E-state index contributed by atoms with van der Waals surface area (Å²) < 4.78 is 5.22. The Morgan fingerprint density at radius 1 is 1.23 bits per heavy atom. The third kappa shape index (κ3) is 4.29. The monoisotopic (exact) mass is 338 g/mol. The van der Waals surface area contributed by atoms with Crippen LogP contribution in [-0.4, -0.2) is 19.6 Å². The van der Waals surface area contributed by atoms with Crippen LogP contribution in [0.5, 0.6) is 5.75 Å². The zero-order valence-corrected chi connectivity index (χ0v) is 13.8. The first-order valence-corrected chi connectivity index (χ1v) is 7.38. The first kappa shape index (κ1) is 16.5. The summed E-state index contributed by atoms with van der Waals surface area (Å²) in [7, 11) is 1.53. The second-order valence-electron chi connectivity index (χ2n) is 4.71. The molecule has 0 atom stereocenters. The average Bonchev–Trinajstić information content (AvgIpc) is 2.49. The first-order chi connectivity index (χ1) is 10.5. The lowest BCUT2D eigenvalue weighted by Gasteiger charge is -2.13. The van der Waals surface area contributed by atoms with Crippen molar-refractivity contribution in [3.05, 3.63) is 52.0 Å². The van der Waals surface area contributed by atoms with Crippen molar-refractivity contribution in [3.8, 4) is 5.75 Å². The third-order valence-corrected chi connectivity index (χ3v) is 3.67. The average molecular weight is 339 g/mol. The summed E-state index contributed by atoms with van der Waals surface area (Å²) in [5.41, 5.74) is 2.23. The molecule has 4 nitrogen and oxygen atoms in total. The molecule has 2 aromatic rings. The van der Waals surface area contributed by atoms with E-state index in [4.69, 9.17) is 27.9 Å².